The first-order valence-electron chi connectivity index (χ1n) is 12.5. The smallest absolute Gasteiger partial charge is 0.247 e. The highest BCUT2D eigenvalue weighted by molar-refractivity contribution is 5.96. The second-order valence-corrected chi connectivity index (χ2v) is 10.1. The van der Waals surface area contributed by atoms with Crippen molar-refractivity contribution in [2.75, 3.05) is 26.8 Å². The van der Waals surface area contributed by atoms with Crippen LogP contribution in [0.15, 0.2) is 23.8 Å². The van der Waals surface area contributed by atoms with E-state index in [1.54, 1.807) is 23.1 Å². The topological polar surface area (TPSA) is 129 Å². The number of benzene rings is 1. The van der Waals surface area contributed by atoms with E-state index >= 15 is 0 Å². The van der Waals surface area contributed by atoms with Crippen molar-refractivity contribution in [1.29, 1.82) is 0 Å². The van der Waals surface area contributed by atoms with Crippen LogP contribution < -0.4 is 14.8 Å². The number of methoxy groups -OCH3 is 1. The van der Waals surface area contributed by atoms with Gasteiger partial charge in [-0.2, -0.15) is 0 Å². The van der Waals surface area contributed by atoms with Crippen molar-refractivity contribution >= 4 is 11.8 Å². The van der Waals surface area contributed by atoms with Crippen LogP contribution in [0.5, 0.6) is 11.5 Å². The molecule has 1 aromatic carbocycles. The van der Waals surface area contributed by atoms with Crippen molar-refractivity contribution in [3.05, 3.63) is 34.9 Å². The number of amides is 2. The van der Waals surface area contributed by atoms with Gasteiger partial charge in [-0.05, 0) is 55.4 Å². The Labute approximate surface area is 204 Å². The zero-order valence-electron chi connectivity index (χ0n) is 20.0. The van der Waals surface area contributed by atoms with Gasteiger partial charge < -0.3 is 35.0 Å². The van der Waals surface area contributed by atoms with Crippen molar-refractivity contribution < 1.29 is 34.4 Å². The highest BCUT2D eigenvalue weighted by Crippen LogP contribution is 2.51. The molecular weight excluding hydrogens is 452 g/mol. The molecule has 1 aliphatic heterocycles. The van der Waals surface area contributed by atoms with Crippen LogP contribution >= 0.6 is 0 Å². The van der Waals surface area contributed by atoms with Gasteiger partial charge in [-0.3, -0.25) is 9.59 Å². The van der Waals surface area contributed by atoms with E-state index in [0.717, 1.165) is 32.1 Å². The number of fused-ring (bicyclic) bond motifs is 3. The molecule has 0 radical (unpaired) electrons. The van der Waals surface area contributed by atoms with Crippen LogP contribution in [0, 0.1) is 11.8 Å². The van der Waals surface area contributed by atoms with E-state index in [-0.39, 0.29) is 37.5 Å². The average molecular weight is 487 g/mol. The van der Waals surface area contributed by atoms with Crippen molar-refractivity contribution in [3.63, 3.8) is 0 Å². The summed E-state index contributed by atoms with van der Waals surface area (Å²) < 4.78 is 11.7. The lowest BCUT2D eigenvalue weighted by atomic mass is 9.76. The zero-order chi connectivity index (χ0) is 24.7. The number of aliphatic hydroxyl groups excluding tert-OH is 3. The number of hydrogen-bond donors (Lipinski definition) is 4. The van der Waals surface area contributed by atoms with Crippen LogP contribution in [0.4, 0.5) is 0 Å². The van der Waals surface area contributed by atoms with E-state index in [9.17, 15) is 24.9 Å². The van der Waals surface area contributed by atoms with E-state index in [1.807, 2.05) is 0 Å². The quantitative estimate of drug-likeness (QED) is 0.407. The molecule has 4 N–H and O–H groups in total. The van der Waals surface area contributed by atoms with Crippen LogP contribution in [-0.4, -0.2) is 77.1 Å². The molecule has 1 aromatic rings. The van der Waals surface area contributed by atoms with Gasteiger partial charge in [0.1, 0.15) is 12.2 Å². The van der Waals surface area contributed by atoms with E-state index < -0.39 is 24.2 Å². The zero-order valence-corrected chi connectivity index (χ0v) is 20.0. The summed E-state index contributed by atoms with van der Waals surface area (Å²) >= 11 is 0. The number of hydrogen-bond acceptors (Lipinski definition) is 7. The molecule has 4 aliphatic rings. The third-order valence-corrected chi connectivity index (χ3v) is 7.74. The van der Waals surface area contributed by atoms with Gasteiger partial charge in [0, 0.05) is 30.1 Å². The average Bonchev–Trinajstić information content (AvgIpc) is 3.57. The standard InChI is InChI=1S/C26H34N2O7/c1-34-20-10-15(13-30)9-17-21-18(25(32)27-7-8-29)11-19(22(31)24(21)35-23(17)20)28(12-14-5-6-14)26(33)16-3-2-4-16/h9-11,14,16,19,21-22,24,29-31H,2-8,12-13H2,1H3,(H,27,32)/t19-,21+,22+,24+/m1/s1. The summed E-state index contributed by atoms with van der Waals surface area (Å²) in [5.41, 5.74) is 1.64. The normalized spacial score (nSPS) is 27.1. The fourth-order valence-electron chi connectivity index (χ4n) is 5.45. The Kier molecular flexibility index (Phi) is 6.74. The number of ether oxygens (including phenoxy) is 2. The molecule has 5 rings (SSSR count). The lowest BCUT2D eigenvalue weighted by Crippen LogP contribution is -2.57. The Balaban J connectivity index is 1.56. The molecule has 3 aliphatic carbocycles. The predicted molar refractivity (Wildman–Crippen MR) is 126 cm³/mol. The van der Waals surface area contributed by atoms with Gasteiger partial charge in [0.2, 0.25) is 11.8 Å². The third kappa shape index (κ3) is 4.41. The van der Waals surface area contributed by atoms with Gasteiger partial charge in [-0.1, -0.05) is 6.42 Å². The van der Waals surface area contributed by atoms with Crippen LogP contribution in [0.2, 0.25) is 0 Å². The Morgan fingerprint density at radius 2 is 1.97 bits per heavy atom. The maximum Gasteiger partial charge on any atom is 0.247 e. The van der Waals surface area contributed by atoms with Gasteiger partial charge in [-0.15, -0.1) is 0 Å². The maximum absolute atomic E-state index is 13.4. The minimum Gasteiger partial charge on any atom is -0.493 e. The summed E-state index contributed by atoms with van der Waals surface area (Å²) in [6.45, 7) is 0.221. The SMILES string of the molecule is COc1cc(CO)cc2c1O[C@@H]1[C@@H](O)[C@H](N(CC3CC3)C(=O)C3CCC3)C=C(C(=O)NCCO)[C@H]21. The number of nitrogens with one attached hydrogen (secondary N) is 1. The molecule has 0 aromatic heterocycles. The fraction of sp³-hybridized carbons (Fsp3) is 0.615. The van der Waals surface area contributed by atoms with Crippen LogP contribution in [0.1, 0.15) is 49.1 Å². The molecule has 4 atom stereocenters. The summed E-state index contributed by atoms with van der Waals surface area (Å²) in [7, 11) is 1.50. The van der Waals surface area contributed by atoms with E-state index in [1.165, 1.54) is 7.11 Å². The molecule has 2 saturated carbocycles. The Hall–Kier alpha value is -2.62. The summed E-state index contributed by atoms with van der Waals surface area (Å²) in [6.07, 6.45) is 4.72. The highest BCUT2D eigenvalue weighted by atomic mass is 16.5. The van der Waals surface area contributed by atoms with Crippen LogP contribution in [-0.2, 0) is 16.2 Å². The first-order chi connectivity index (χ1) is 17.0. The molecule has 35 heavy (non-hydrogen) atoms. The van der Waals surface area contributed by atoms with Crippen molar-refractivity contribution in [3.8, 4) is 11.5 Å². The highest BCUT2D eigenvalue weighted by Gasteiger charge is 2.52. The molecule has 1 heterocycles. The second kappa shape index (κ2) is 9.79. The summed E-state index contributed by atoms with van der Waals surface area (Å²) in [5.74, 6) is 0.285. The first kappa shape index (κ1) is 24.1. The summed E-state index contributed by atoms with van der Waals surface area (Å²) in [6, 6.07) is 2.75. The van der Waals surface area contributed by atoms with Gasteiger partial charge in [0.15, 0.2) is 11.5 Å². The molecule has 0 unspecified atom stereocenters. The number of carbonyl (C=O) groups excluding carboxylic acids is 2. The monoisotopic (exact) mass is 486 g/mol. The van der Waals surface area contributed by atoms with Crippen molar-refractivity contribution in [2.24, 2.45) is 11.8 Å². The van der Waals surface area contributed by atoms with Gasteiger partial charge >= 0.3 is 0 Å². The van der Waals surface area contributed by atoms with Crippen LogP contribution in [0.3, 0.4) is 0 Å². The minimum absolute atomic E-state index is 0.0346. The largest absolute Gasteiger partial charge is 0.493 e. The fourth-order valence-corrected chi connectivity index (χ4v) is 5.45. The van der Waals surface area contributed by atoms with E-state index in [0.29, 0.717) is 40.7 Å². The molecule has 190 valence electrons. The molecule has 9 nitrogen and oxygen atoms in total. The van der Waals surface area contributed by atoms with Crippen LogP contribution in [0.25, 0.3) is 0 Å². The number of rotatable bonds is 9. The van der Waals surface area contributed by atoms with Gasteiger partial charge in [0.25, 0.3) is 0 Å². The molecule has 2 amide bonds. The molecule has 2 fully saturated rings. The molecule has 0 saturated heterocycles. The van der Waals surface area contributed by atoms with E-state index in [2.05, 4.69) is 5.32 Å². The molecule has 9 heteroatoms. The summed E-state index contributed by atoms with van der Waals surface area (Å²) in [5, 5.41) is 33.3. The number of aliphatic hydroxyl groups is 3. The number of nitrogens with zero attached hydrogens (tertiary/aromatic N) is 1. The molecule has 0 spiro atoms. The number of carbonyl (C=O) groups is 2. The van der Waals surface area contributed by atoms with Crippen molar-refractivity contribution in [1.82, 2.24) is 10.2 Å². The second-order valence-electron chi connectivity index (χ2n) is 10.1. The lowest BCUT2D eigenvalue weighted by molar-refractivity contribution is -0.144. The third-order valence-electron chi connectivity index (χ3n) is 7.74. The van der Waals surface area contributed by atoms with Gasteiger partial charge in [0.05, 0.1) is 32.3 Å². The maximum atomic E-state index is 13.4. The van der Waals surface area contributed by atoms with Gasteiger partial charge in [-0.25, -0.2) is 0 Å². The van der Waals surface area contributed by atoms with Crippen molar-refractivity contribution in [2.45, 2.75) is 62.9 Å². The first-order valence-corrected chi connectivity index (χ1v) is 12.5. The Morgan fingerprint density at radius 3 is 2.57 bits per heavy atom. The molecule has 0 bridgehead atoms. The minimum atomic E-state index is -1.05. The summed E-state index contributed by atoms with van der Waals surface area (Å²) in [4.78, 5) is 28.5. The predicted octanol–water partition coefficient (Wildman–Crippen LogP) is 0.849. The lowest BCUT2D eigenvalue weighted by Gasteiger charge is -2.43. The molecular formula is C26H34N2O7. The Morgan fingerprint density at radius 1 is 1.20 bits per heavy atom. The Bertz CT molecular complexity index is 1020. The van der Waals surface area contributed by atoms with E-state index in [4.69, 9.17) is 9.47 Å².